The average molecular weight is 599 g/mol. The van der Waals surface area contributed by atoms with Gasteiger partial charge < -0.3 is 16.0 Å². The van der Waals surface area contributed by atoms with Crippen LogP contribution < -0.4 is 5.19 Å². The van der Waals surface area contributed by atoms with Crippen LogP contribution in [0.3, 0.4) is 0 Å². The zero-order valence-corrected chi connectivity index (χ0v) is 31.8. The Hall–Kier alpha value is 0.330. The molecule has 0 N–H and O–H groups in total. The van der Waals surface area contributed by atoms with Gasteiger partial charge in [0.1, 0.15) is 0 Å². The first kappa shape index (κ1) is 43.4. The van der Waals surface area contributed by atoms with Gasteiger partial charge in [0.05, 0.1) is 0 Å². The fraction of sp³-hybridized carbons (Fsp3) is 0.839. The topological polar surface area (TPSA) is 42.3 Å². The molecule has 0 atom stereocenters. The second-order valence-corrected chi connectivity index (χ2v) is 18.7. The minimum atomic E-state index is -0.480. The molecule has 212 valence electrons. The summed E-state index contributed by atoms with van der Waals surface area (Å²) in [6.45, 7) is 42.9. The number of rotatable bonds is 1. The maximum Gasteiger partial charge on any atom is 4.00 e. The van der Waals surface area contributed by atoms with Crippen LogP contribution in [-0.2, 0) is 26.2 Å². The molecule has 0 bridgehead atoms. The van der Waals surface area contributed by atoms with E-state index < -0.39 is 8.80 Å². The van der Waals surface area contributed by atoms with Crippen molar-refractivity contribution >= 4 is 14.0 Å². The third-order valence-electron chi connectivity index (χ3n) is 3.37. The molecule has 1 aromatic rings. The van der Waals surface area contributed by atoms with Crippen molar-refractivity contribution in [3.05, 3.63) is 40.2 Å². The van der Waals surface area contributed by atoms with Crippen LogP contribution >= 0.6 is 0 Å². The Morgan fingerprint density at radius 3 is 0.639 bits per heavy atom. The van der Waals surface area contributed by atoms with Crippen molar-refractivity contribution in [2.24, 2.45) is 0 Å². The van der Waals surface area contributed by atoms with Crippen molar-refractivity contribution in [2.45, 2.75) is 171 Å². The summed E-state index contributed by atoms with van der Waals surface area (Å²) < 4.78 is 0. The summed E-state index contributed by atoms with van der Waals surface area (Å²) in [6, 6.07) is 8.67. The quantitative estimate of drug-likeness (QED) is 0.228. The first-order valence-corrected chi connectivity index (χ1v) is 16.2. The Kier molecular flexibility index (Phi) is 20.6. The monoisotopic (exact) mass is 597 g/mol. The molecule has 0 radical (unpaired) electrons. The zero-order valence-electron chi connectivity index (χ0n) is 28.2. The van der Waals surface area contributed by atoms with Gasteiger partial charge in [-0.15, -0.1) is 33.2 Å². The van der Waals surface area contributed by atoms with Gasteiger partial charge in [-0.1, -0.05) is 138 Å². The van der Waals surface area contributed by atoms with Gasteiger partial charge in [0.15, 0.2) is 0 Å². The van der Waals surface area contributed by atoms with E-state index in [4.69, 9.17) is 0 Å². The third-order valence-corrected chi connectivity index (χ3v) is 5.09. The Bertz CT molecular complexity index is 526. The Balaban J connectivity index is -0.000000188. The van der Waals surface area contributed by atoms with Gasteiger partial charge in [-0.05, 0) is 0 Å². The van der Waals surface area contributed by atoms with Gasteiger partial charge in [0, 0.05) is 8.80 Å². The van der Waals surface area contributed by atoms with Gasteiger partial charge in [-0.2, -0.15) is 17.3 Å². The molecule has 0 heterocycles. The summed E-state index contributed by atoms with van der Waals surface area (Å²) in [4.78, 5) is 0. The molecule has 1 rings (SSSR count). The van der Waals surface area contributed by atoms with Crippen LogP contribution in [0.15, 0.2) is 24.3 Å². The minimum absolute atomic E-state index is 0. The normalized spacial score (nSPS) is 12.8. The SMILES string of the molecule is CC(C)(C)[N-]C(C)(C)C.CC(C)(C)[N-]C(C)(C)C.CC(C)(C)[N-]C(C)(C)C.C[SiH](C)[c-]1cccc1.[Zr+4]. The largest absolute Gasteiger partial charge is 4.00 e. The van der Waals surface area contributed by atoms with E-state index in [1.807, 2.05) is 0 Å². The van der Waals surface area contributed by atoms with Crippen molar-refractivity contribution < 1.29 is 26.2 Å². The van der Waals surface area contributed by atoms with E-state index in [-0.39, 0.29) is 59.4 Å². The van der Waals surface area contributed by atoms with E-state index in [2.05, 4.69) is 178 Å². The standard InChI is InChI=1S/3C8H18N.C7H11Si.Zr/c3*1-7(2,3)9-8(4,5)6;1-8(2)7-5-3-4-6-7;/h3*1-6H3;3-6,8H,1-2H3;/q4*-1;+4. The molecular weight excluding hydrogens is 534 g/mol. The van der Waals surface area contributed by atoms with E-state index in [0.717, 1.165) is 0 Å². The van der Waals surface area contributed by atoms with Crippen molar-refractivity contribution in [2.75, 3.05) is 0 Å². The van der Waals surface area contributed by atoms with Crippen LogP contribution in [0.4, 0.5) is 0 Å². The molecular formula is C31H65N3SiZr. The molecule has 0 aliphatic carbocycles. The average Bonchev–Trinajstić information content (AvgIpc) is 2.89. The molecule has 0 saturated carbocycles. The molecule has 0 aliphatic rings. The van der Waals surface area contributed by atoms with Crippen LogP contribution in [0.1, 0.15) is 125 Å². The first-order chi connectivity index (χ1) is 14.9. The molecule has 0 amide bonds. The van der Waals surface area contributed by atoms with Crippen molar-refractivity contribution in [1.29, 1.82) is 0 Å². The number of hydrogen-bond donors (Lipinski definition) is 0. The molecule has 0 aromatic heterocycles. The van der Waals surface area contributed by atoms with Gasteiger partial charge in [0.2, 0.25) is 0 Å². The van der Waals surface area contributed by atoms with Gasteiger partial charge in [-0.3, -0.25) is 0 Å². The molecule has 0 aliphatic heterocycles. The van der Waals surface area contributed by atoms with Crippen LogP contribution in [0.25, 0.3) is 16.0 Å². The summed E-state index contributed by atoms with van der Waals surface area (Å²) in [5, 5.41) is 15.2. The fourth-order valence-corrected chi connectivity index (χ4v) is 4.78. The van der Waals surface area contributed by atoms with E-state index >= 15 is 0 Å². The zero-order chi connectivity index (χ0) is 29.1. The summed E-state index contributed by atoms with van der Waals surface area (Å²) in [5.74, 6) is 0. The Morgan fingerprint density at radius 1 is 0.417 bits per heavy atom. The first-order valence-electron chi connectivity index (χ1n) is 13.4. The smallest absolute Gasteiger partial charge is 0.653 e. The number of hydrogen-bond acceptors (Lipinski definition) is 0. The van der Waals surface area contributed by atoms with Crippen LogP contribution in [-0.4, -0.2) is 42.0 Å². The number of nitrogens with zero attached hydrogens (tertiary/aromatic N) is 3. The van der Waals surface area contributed by atoms with Gasteiger partial charge in [0.25, 0.3) is 0 Å². The molecule has 0 saturated heterocycles. The Morgan fingerprint density at radius 2 is 0.583 bits per heavy atom. The van der Waals surface area contributed by atoms with Gasteiger partial charge >= 0.3 is 26.2 Å². The summed E-state index contributed by atoms with van der Waals surface area (Å²) in [7, 11) is -0.480. The maximum atomic E-state index is 4.54. The fourth-order valence-electron chi connectivity index (χ4n) is 3.79. The van der Waals surface area contributed by atoms with Crippen LogP contribution in [0, 0.1) is 0 Å². The van der Waals surface area contributed by atoms with E-state index in [1.54, 1.807) is 5.19 Å². The minimum Gasteiger partial charge on any atom is -0.653 e. The van der Waals surface area contributed by atoms with Crippen LogP contribution in [0.5, 0.6) is 0 Å². The van der Waals surface area contributed by atoms with E-state index in [0.29, 0.717) is 0 Å². The van der Waals surface area contributed by atoms with Crippen molar-refractivity contribution in [3.63, 3.8) is 0 Å². The second-order valence-electron chi connectivity index (χ2n) is 15.7. The predicted molar refractivity (Wildman–Crippen MR) is 169 cm³/mol. The van der Waals surface area contributed by atoms with E-state index in [1.165, 1.54) is 0 Å². The van der Waals surface area contributed by atoms with Crippen molar-refractivity contribution in [1.82, 2.24) is 0 Å². The summed E-state index contributed by atoms with van der Waals surface area (Å²) >= 11 is 0. The summed E-state index contributed by atoms with van der Waals surface area (Å²) in [6.07, 6.45) is 0. The Labute approximate surface area is 250 Å². The molecule has 0 spiro atoms. The molecule has 3 nitrogen and oxygen atoms in total. The molecule has 36 heavy (non-hydrogen) atoms. The molecule has 5 heteroatoms. The van der Waals surface area contributed by atoms with Crippen LogP contribution in [0.2, 0.25) is 13.1 Å². The van der Waals surface area contributed by atoms with Gasteiger partial charge in [-0.25, -0.2) is 12.1 Å². The van der Waals surface area contributed by atoms with Crippen molar-refractivity contribution in [3.8, 4) is 0 Å². The molecule has 1 aromatic carbocycles. The third kappa shape index (κ3) is 44.3. The second kappa shape index (κ2) is 17.1. The van der Waals surface area contributed by atoms with E-state index in [9.17, 15) is 0 Å². The maximum absolute atomic E-state index is 4.54. The molecule has 0 unspecified atom stereocenters. The predicted octanol–water partition coefficient (Wildman–Crippen LogP) is 9.97. The molecule has 0 fully saturated rings. The summed E-state index contributed by atoms with van der Waals surface area (Å²) in [5.41, 5.74) is 0.656.